The second-order valence-electron chi connectivity index (χ2n) is 7.05. The zero-order valence-corrected chi connectivity index (χ0v) is 15.5. The molecule has 0 unspecified atom stereocenters. The molecular formula is C19H23N3O6. The first-order valence-corrected chi connectivity index (χ1v) is 9.46. The average Bonchev–Trinajstić information content (AvgIpc) is 2.93. The van der Waals surface area contributed by atoms with Gasteiger partial charge in [-0.2, -0.15) is 0 Å². The number of imide groups is 1. The maximum atomic E-state index is 12.4. The molecule has 3 amide bonds. The van der Waals surface area contributed by atoms with E-state index in [0.29, 0.717) is 18.9 Å². The molecule has 0 saturated carbocycles. The molecule has 2 heterocycles. The van der Waals surface area contributed by atoms with Gasteiger partial charge in [-0.15, -0.1) is 0 Å². The van der Waals surface area contributed by atoms with Crippen molar-refractivity contribution in [1.29, 1.82) is 0 Å². The molecule has 0 spiro atoms. The molecule has 1 aromatic carbocycles. The fourth-order valence-corrected chi connectivity index (χ4v) is 3.53. The van der Waals surface area contributed by atoms with E-state index < -0.39 is 16.7 Å². The van der Waals surface area contributed by atoms with Gasteiger partial charge in [0.15, 0.2) is 0 Å². The van der Waals surface area contributed by atoms with Gasteiger partial charge in [-0.3, -0.25) is 29.4 Å². The minimum atomic E-state index is -0.606. The molecule has 1 N–H and O–H groups in total. The highest BCUT2D eigenvalue weighted by molar-refractivity contribution is 6.21. The molecule has 1 fully saturated rings. The number of nitro benzene ring substituents is 1. The normalized spacial score (nSPS) is 16.9. The lowest BCUT2D eigenvalue weighted by Crippen LogP contribution is -2.32. The van der Waals surface area contributed by atoms with E-state index in [1.54, 1.807) is 0 Å². The van der Waals surface area contributed by atoms with E-state index in [9.17, 15) is 24.5 Å². The molecule has 0 aromatic heterocycles. The lowest BCUT2D eigenvalue weighted by atomic mass is 9.97. The van der Waals surface area contributed by atoms with Gasteiger partial charge in [0.1, 0.15) is 0 Å². The van der Waals surface area contributed by atoms with Crippen LogP contribution in [0.3, 0.4) is 0 Å². The van der Waals surface area contributed by atoms with Gasteiger partial charge < -0.3 is 10.1 Å². The van der Waals surface area contributed by atoms with Crippen LogP contribution in [-0.4, -0.2) is 53.8 Å². The Hall–Kier alpha value is -2.81. The van der Waals surface area contributed by atoms with E-state index >= 15 is 0 Å². The highest BCUT2D eigenvalue weighted by Crippen LogP contribution is 2.27. The SMILES string of the molecule is O=C(CCCN1C(=O)c2ccc([N+](=O)[O-])cc2C1=O)NCCC1CCOCC1. The third-order valence-corrected chi connectivity index (χ3v) is 5.17. The molecule has 1 saturated heterocycles. The van der Waals surface area contributed by atoms with Crippen molar-refractivity contribution in [3.05, 3.63) is 39.4 Å². The number of hydrogen-bond donors (Lipinski definition) is 1. The van der Waals surface area contributed by atoms with Crippen molar-refractivity contribution >= 4 is 23.4 Å². The first kappa shape index (κ1) is 19.9. The predicted molar refractivity (Wildman–Crippen MR) is 98.9 cm³/mol. The summed E-state index contributed by atoms with van der Waals surface area (Å²) in [6.45, 7) is 2.28. The standard InChI is InChI=1S/C19H23N3O6/c23-17(20-8-5-13-6-10-28-11-7-13)2-1-9-21-18(24)15-4-3-14(22(26)27)12-16(15)19(21)25/h3-4,12-13H,1-2,5-11H2,(H,20,23). The smallest absolute Gasteiger partial charge is 0.270 e. The van der Waals surface area contributed by atoms with Crippen LogP contribution in [0.2, 0.25) is 0 Å². The Morgan fingerprint density at radius 2 is 1.93 bits per heavy atom. The molecule has 0 bridgehead atoms. The van der Waals surface area contributed by atoms with Crippen LogP contribution in [0.25, 0.3) is 0 Å². The first-order chi connectivity index (χ1) is 13.5. The molecule has 3 rings (SSSR count). The van der Waals surface area contributed by atoms with Gasteiger partial charge in [-0.05, 0) is 37.7 Å². The molecule has 0 radical (unpaired) electrons. The predicted octanol–water partition coefficient (Wildman–Crippen LogP) is 1.90. The number of carbonyl (C=O) groups excluding carboxylic acids is 3. The maximum absolute atomic E-state index is 12.4. The second kappa shape index (κ2) is 8.92. The molecule has 1 aromatic rings. The number of carbonyl (C=O) groups is 3. The fraction of sp³-hybridized carbons (Fsp3) is 0.526. The van der Waals surface area contributed by atoms with Gasteiger partial charge >= 0.3 is 0 Å². The van der Waals surface area contributed by atoms with Crippen molar-refractivity contribution in [3.63, 3.8) is 0 Å². The number of hydrogen-bond acceptors (Lipinski definition) is 6. The summed E-state index contributed by atoms with van der Waals surface area (Å²) >= 11 is 0. The minimum Gasteiger partial charge on any atom is -0.381 e. The van der Waals surface area contributed by atoms with Crippen molar-refractivity contribution in [2.45, 2.75) is 32.1 Å². The van der Waals surface area contributed by atoms with E-state index in [1.807, 2.05) is 0 Å². The molecule has 2 aliphatic rings. The van der Waals surface area contributed by atoms with E-state index in [0.717, 1.165) is 43.4 Å². The van der Waals surface area contributed by atoms with Crippen molar-refractivity contribution in [2.75, 3.05) is 26.3 Å². The maximum Gasteiger partial charge on any atom is 0.270 e. The van der Waals surface area contributed by atoms with Gasteiger partial charge in [-0.25, -0.2) is 0 Å². The lowest BCUT2D eigenvalue weighted by Gasteiger charge is -2.21. The van der Waals surface area contributed by atoms with Crippen LogP contribution in [0.1, 0.15) is 52.8 Å². The van der Waals surface area contributed by atoms with Gasteiger partial charge in [0.05, 0.1) is 16.1 Å². The third kappa shape index (κ3) is 4.53. The fourth-order valence-electron chi connectivity index (χ4n) is 3.53. The van der Waals surface area contributed by atoms with E-state index in [1.165, 1.54) is 12.1 Å². The molecular weight excluding hydrogens is 366 g/mol. The summed E-state index contributed by atoms with van der Waals surface area (Å²) in [4.78, 5) is 48.0. The first-order valence-electron chi connectivity index (χ1n) is 9.46. The molecule has 9 nitrogen and oxygen atoms in total. The van der Waals surface area contributed by atoms with Crippen LogP contribution in [0.15, 0.2) is 18.2 Å². The number of rotatable bonds is 8. The second-order valence-corrected chi connectivity index (χ2v) is 7.05. The number of nitrogens with zero attached hydrogens (tertiary/aromatic N) is 2. The number of amides is 3. The molecule has 0 aliphatic carbocycles. The number of nitrogens with one attached hydrogen (secondary N) is 1. The number of ether oxygens (including phenoxy) is 1. The molecule has 0 atom stereocenters. The summed E-state index contributed by atoms with van der Waals surface area (Å²) in [5.41, 5.74) is -0.0257. The Labute approximate surface area is 162 Å². The van der Waals surface area contributed by atoms with E-state index in [4.69, 9.17) is 4.74 Å². The van der Waals surface area contributed by atoms with Crippen LogP contribution in [0.4, 0.5) is 5.69 Å². The van der Waals surface area contributed by atoms with Crippen LogP contribution in [0.5, 0.6) is 0 Å². The van der Waals surface area contributed by atoms with E-state index in [-0.39, 0.29) is 35.7 Å². The third-order valence-electron chi connectivity index (χ3n) is 5.17. The molecule has 2 aliphatic heterocycles. The Balaban J connectivity index is 1.43. The summed E-state index contributed by atoms with van der Waals surface area (Å²) in [5, 5.41) is 13.7. The lowest BCUT2D eigenvalue weighted by molar-refractivity contribution is -0.384. The van der Waals surface area contributed by atoms with Gasteiger partial charge in [0.25, 0.3) is 17.5 Å². The van der Waals surface area contributed by atoms with Gasteiger partial charge in [-0.1, -0.05) is 0 Å². The Morgan fingerprint density at radius 1 is 1.21 bits per heavy atom. The highest BCUT2D eigenvalue weighted by atomic mass is 16.6. The summed E-state index contributed by atoms with van der Waals surface area (Å²) in [6, 6.07) is 3.63. The zero-order valence-electron chi connectivity index (χ0n) is 15.5. The molecule has 28 heavy (non-hydrogen) atoms. The van der Waals surface area contributed by atoms with Crippen molar-refractivity contribution in [2.24, 2.45) is 5.92 Å². The summed E-state index contributed by atoms with van der Waals surface area (Å²) in [7, 11) is 0. The molecule has 9 heteroatoms. The summed E-state index contributed by atoms with van der Waals surface area (Å²) in [5.74, 6) is -0.561. The Bertz CT molecular complexity index is 788. The average molecular weight is 389 g/mol. The van der Waals surface area contributed by atoms with Crippen molar-refractivity contribution < 1.29 is 24.0 Å². The summed E-state index contributed by atoms with van der Waals surface area (Å²) < 4.78 is 5.31. The Morgan fingerprint density at radius 3 is 2.64 bits per heavy atom. The number of nitro groups is 1. The Kier molecular flexibility index (Phi) is 6.35. The molecule has 150 valence electrons. The van der Waals surface area contributed by atoms with Crippen LogP contribution < -0.4 is 5.32 Å². The summed E-state index contributed by atoms with van der Waals surface area (Å²) in [6.07, 6.45) is 3.52. The number of benzene rings is 1. The quantitative estimate of drug-likeness (QED) is 0.412. The van der Waals surface area contributed by atoms with Gasteiger partial charge in [0, 0.05) is 44.9 Å². The van der Waals surface area contributed by atoms with Crippen LogP contribution in [0, 0.1) is 16.0 Å². The monoisotopic (exact) mass is 389 g/mol. The van der Waals surface area contributed by atoms with Gasteiger partial charge in [0.2, 0.25) is 5.91 Å². The number of non-ortho nitro benzene ring substituents is 1. The van der Waals surface area contributed by atoms with Crippen molar-refractivity contribution in [1.82, 2.24) is 10.2 Å². The van der Waals surface area contributed by atoms with E-state index in [2.05, 4.69) is 5.32 Å². The topological polar surface area (TPSA) is 119 Å². The largest absolute Gasteiger partial charge is 0.381 e. The van der Waals surface area contributed by atoms with Crippen molar-refractivity contribution in [3.8, 4) is 0 Å². The van der Waals surface area contributed by atoms with Crippen LogP contribution in [-0.2, 0) is 9.53 Å². The minimum absolute atomic E-state index is 0.0418. The highest BCUT2D eigenvalue weighted by Gasteiger charge is 2.36. The zero-order chi connectivity index (χ0) is 20.1. The van der Waals surface area contributed by atoms with Crippen LogP contribution >= 0.6 is 0 Å². The number of fused-ring (bicyclic) bond motifs is 1.